The van der Waals surface area contributed by atoms with Crippen molar-refractivity contribution in [2.45, 2.75) is 56.9 Å². The third-order valence-corrected chi connectivity index (χ3v) is 3.50. The maximum Gasteiger partial charge on any atom is 0.240 e. The minimum atomic E-state index is -0.145. The summed E-state index contributed by atoms with van der Waals surface area (Å²) in [7, 11) is 0. The molecule has 2 aliphatic heterocycles. The first kappa shape index (κ1) is 15.2. The van der Waals surface area contributed by atoms with E-state index in [1.54, 1.807) is 0 Å². The number of rotatable bonds is 6. The van der Waals surface area contributed by atoms with Gasteiger partial charge in [-0.3, -0.25) is 0 Å². The van der Waals surface area contributed by atoms with E-state index in [1.807, 2.05) is 13.8 Å². The van der Waals surface area contributed by atoms with E-state index in [2.05, 4.69) is 10.9 Å². The average molecular weight is 280 g/mol. The smallest absolute Gasteiger partial charge is 0.240 e. The molecule has 4 unspecified atom stereocenters. The van der Waals surface area contributed by atoms with Gasteiger partial charge in [-0.1, -0.05) is 0 Å². The lowest BCUT2D eigenvalue weighted by Gasteiger charge is -2.20. The molecule has 110 valence electrons. The predicted molar refractivity (Wildman–Crippen MR) is 69.8 cm³/mol. The minimum absolute atomic E-state index is 0.124. The molecule has 6 heteroatoms. The molecule has 0 aromatic heterocycles. The van der Waals surface area contributed by atoms with E-state index in [0.717, 1.165) is 0 Å². The summed E-state index contributed by atoms with van der Waals surface area (Å²) in [5, 5.41) is 8.65. The Morgan fingerprint density at radius 3 is 2.25 bits per heavy atom. The van der Waals surface area contributed by atoms with Crippen LogP contribution in [0.25, 0.3) is 4.85 Å². The van der Waals surface area contributed by atoms with Crippen molar-refractivity contribution in [2.24, 2.45) is 0 Å². The second-order valence-corrected chi connectivity index (χ2v) is 5.27. The van der Waals surface area contributed by atoms with Crippen LogP contribution in [0.3, 0.4) is 0 Å². The zero-order chi connectivity index (χ0) is 14.5. The van der Waals surface area contributed by atoms with Crippen molar-refractivity contribution in [3.8, 4) is 6.07 Å². The van der Waals surface area contributed by atoms with Crippen LogP contribution in [0.15, 0.2) is 0 Å². The molecule has 2 saturated heterocycles. The second-order valence-electron chi connectivity index (χ2n) is 5.27. The molecule has 0 amide bonds. The van der Waals surface area contributed by atoms with Crippen molar-refractivity contribution in [1.82, 2.24) is 0 Å². The van der Waals surface area contributed by atoms with Crippen molar-refractivity contribution in [3.63, 3.8) is 0 Å². The normalized spacial score (nSPS) is 35.0. The SMILES string of the molecule is [C-]#[N+]CC(C)O[C@@H]1COC2C1OC[C@@H]2OC(C)CC#N. The van der Waals surface area contributed by atoms with Crippen LogP contribution in [-0.2, 0) is 18.9 Å². The van der Waals surface area contributed by atoms with Gasteiger partial charge in [0.15, 0.2) is 0 Å². The van der Waals surface area contributed by atoms with Crippen molar-refractivity contribution >= 4 is 0 Å². The minimum Gasteiger partial charge on any atom is -0.370 e. The van der Waals surface area contributed by atoms with Gasteiger partial charge < -0.3 is 23.8 Å². The number of fused-ring (bicyclic) bond motifs is 1. The first-order valence-corrected chi connectivity index (χ1v) is 6.90. The molecule has 0 saturated carbocycles. The predicted octanol–water partition coefficient (Wildman–Crippen LogP) is 1.16. The lowest BCUT2D eigenvalue weighted by Crippen LogP contribution is -2.36. The topological polar surface area (TPSA) is 65.1 Å². The van der Waals surface area contributed by atoms with Gasteiger partial charge in [-0.05, 0) is 13.8 Å². The maximum absolute atomic E-state index is 8.65. The van der Waals surface area contributed by atoms with Gasteiger partial charge in [0, 0.05) is 0 Å². The van der Waals surface area contributed by atoms with Gasteiger partial charge in [0.25, 0.3) is 0 Å². The monoisotopic (exact) mass is 280 g/mol. The van der Waals surface area contributed by atoms with Crippen LogP contribution in [-0.4, -0.2) is 56.4 Å². The molecule has 2 aliphatic rings. The van der Waals surface area contributed by atoms with Crippen molar-refractivity contribution in [1.29, 1.82) is 5.26 Å². The summed E-state index contributed by atoms with van der Waals surface area (Å²) in [4.78, 5) is 3.33. The van der Waals surface area contributed by atoms with Crippen LogP contribution < -0.4 is 0 Å². The Kier molecular flexibility index (Phi) is 5.33. The van der Waals surface area contributed by atoms with Crippen LogP contribution in [0.4, 0.5) is 0 Å². The summed E-state index contributed by atoms with van der Waals surface area (Å²) in [6, 6.07) is 2.09. The van der Waals surface area contributed by atoms with Crippen LogP contribution in [0.1, 0.15) is 20.3 Å². The van der Waals surface area contributed by atoms with Gasteiger partial charge in [0.1, 0.15) is 30.5 Å². The Morgan fingerprint density at radius 1 is 1.20 bits per heavy atom. The average Bonchev–Trinajstić information content (AvgIpc) is 2.95. The molecule has 0 bridgehead atoms. The molecule has 2 rings (SSSR count). The zero-order valence-electron chi connectivity index (χ0n) is 11.8. The number of nitrogens with zero attached hydrogens (tertiary/aromatic N) is 2. The van der Waals surface area contributed by atoms with Crippen LogP contribution in [0.5, 0.6) is 0 Å². The van der Waals surface area contributed by atoms with E-state index in [-0.39, 0.29) is 36.6 Å². The lowest BCUT2D eigenvalue weighted by atomic mass is 10.1. The molecule has 2 heterocycles. The quantitative estimate of drug-likeness (QED) is 0.683. The standard InChI is InChI=1S/C14H20N2O4/c1-9(4-5-15)19-11-7-17-14-12(8-18-13(11)14)20-10(2)6-16-3/h9-14H,4,6-8H2,1-2H3/t9?,10?,11-,12+,13?,14?/m0/s1. The van der Waals surface area contributed by atoms with Crippen LogP contribution in [0, 0.1) is 17.9 Å². The fraction of sp³-hybridized carbons (Fsp3) is 0.857. The van der Waals surface area contributed by atoms with E-state index in [0.29, 0.717) is 26.2 Å². The lowest BCUT2D eigenvalue weighted by molar-refractivity contribution is -0.0777. The van der Waals surface area contributed by atoms with Crippen LogP contribution >= 0.6 is 0 Å². The molecule has 0 aromatic rings. The summed E-state index contributed by atoms with van der Waals surface area (Å²) in [5.41, 5.74) is 0. The Balaban J connectivity index is 1.85. The highest BCUT2D eigenvalue weighted by Crippen LogP contribution is 2.31. The number of hydrogen-bond acceptors (Lipinski definition) is 5. The first-order valence-electron chi connectivity index (χ1n) is 6.90. The molecular weight excluding hydrogens is 260 g/mol. The second kappa shape index (κ2) is 7.01. The third-order valence-electron chi connectivity index (χ3n) is 3.50. The summed E-state index contributed by atoms with van der Waals surface area (Å²) < 4.78 is 23.0. The van der Waals surface area contributed by atoms with Crippen molar-refractivity contribution in [3.05, 3.63) is 11.4 Å². The van der Waals surface area contributed by atoms with Crippen molar-refractivity contribution in [2.75, 3.05) is 19.8 Å². The maximum atomic E-state index is 8.65. The van der Waals surface area contributed by atoms with E-state index in [4.69, 9.17) is 30.8 Å². The van der Waals surface area contributed by atoms with Gasteiger partial charge in [-0.2, -0.15) is 5.26 Å². The largest absolute Gasteiger partial charge is 0.370 e. The highest BCUT2D eigenvalue weighted by molar-refractivity contribution is 4.97. The van der Waals surface area contributed by atoms with Gasteiger partial charge in [0.05, 0.1) is 31.8 Å². The highest BCUT2D eigenvalue weighted by Gasteiger charge is 2.49. The first-order chi connectivity index (χ1) is 9.65. The molecule has 0 radical (unpaired) electrons. The van der Waals surface area contributed by atoms with E-state index in [1.165, 1.54) is 0 Å². The summed E-state index contributed by atoms with van der Waals surface area (Å²) >= 11 is 0. The van der Waals surface area contributed by atoms with Gasteiger partial charge >= 0.3 is 0 Å². The molecule has 0 spiro atoms. The Labute approximate surface area is 119 Å². The zero-order valence-corrected chi connectivity index (χ0v) is 11.8. The number of nitriles is 1. The summed E-state index contributed by atoms with van der Waals surface area (Å²) in [5.74, 6) is 0. The molecule has 2 fully saturated rings. The van der Waals surface area contributed by atoms with E-state index >= 15 is 0 Å². The van der Waals surface area contributed by atoms with E-state index in [9.17, 15) is 0 Å². The van der Waals surface area contributed by atoms with Gasteiger partial charge in [-0.25, -0.2) is 6.57 Å². The fourth-order valence-electron chi connectivity index (χ4n) is 2.61. The summed E-state index contributed by atoms with van der Waals surface area (Å²) in [6.45, 7) is 11.9. The molecule has 20 heavy (non-hydrogen) atoms. The fourth-order valence-corrected chi connectivity index (χ4v) is 2.61. The van der Waals surface area contributed by atoms with Gasteiger partial charge in [-0.15, -0.1) is 0 Å². The van der Waals surface area contributed by atoms with Crippen molar-refractivity contribution < 1.29 is 18.9 Å². The highest BCUT2D eigenvalue weighted by atomic mass is 16.6. The Hall–Kier alpha value is -1.18. The molecular formula is C14H20N2O4. The third kappa shape index (κ3) is 3.47. The Morgan fingerprint density at radius 2 is 1.75 bits per heavy atom. The number of ether oxygens (including phenoxy) is 4. The number of hydrogen-bond donors (Lipinski definition) is 0. The molecule has 0 N–H and O–H groups in total. The molecule has 6 nitrogen and oxygen atoms in total. The van der Waals surface area contributed by atoms with E-state index < -0.39 is 0 Å². The summed E-state index contributed by atoms with van der Waals surface area (Å²) in [6.07, 6.45) is -0.457. The molecule has 0 aromatic carbocycles. The molecule has 6 atom stereocenters. The van der Waals surface area contributed by atoms with Gasteiger partial charge in [0.2, 0.25) is 6.54 Å². The molecule has 0 aliphatic carbocycles. The Bertz CT molecular complexity index is 365. The van der Waals surface area contributed by atoms with Crippen LogP contribution in [0.2, 0.25) is 0 Å².